The van der Waals surface area contributed by atoms with Crippen molar-refractivity contribution < 1.29 is 14.6 Å². The molecule has 4 nitrogen and oxygen atoms in total. The van der Waals surface area contributed by atoms with E-state index in [4.69, 9.17) is 4.74 Å². The van der Waals surface area contributed by atoms with E-state index in [9.17, 15) is 9.90 Å². The van der Waals surface area contributed by atoms with Crippen LogP contribution in [-0.2, 0) is 14.9 Å². The molecule has 4 heteroatoms. The van der Waals surface area contributed by atoms with Crippen LogP contribution in [0.15, 0.2) is 24.3 Å². The van der Waals surface area contributed by atoms with Crippen molar-refractivity contribution in [1.82, 2.24) is 5.32 Å². The minimum atomic E-state index is 0.208. The van der Waals surface area contributed by atoms with Crippen molar-refractivity contribution >= 4 is 5.91 Å². The summed E-state index contributed by atoms with van der Waals surface area (Å²) in [5, 5.41) is 13.0. The van der Waals surface area contributed by atoms with Gasteiger partial charge in [0.15, 0.2) is 0 Å². The van der Waals surface area contributed by atoms with E-state index in [-0.39, 0.29) is 11.3 Å². The molecular formula is C22H29NO3. The van der Waals surface area contributed by atoms with Gasteiger partial charge in [0.1, 0.15) is 5.75 Å². The highest BCUT2D eigenvalue weighted by atomic mass is 16.5. The number of rotatable bonds is 3. The molecule has 1 heterocycles. The fourth-order valence-corrected chi connectivity index (χ4v) is 6.76. The number of hydrogen-bond acceptors (Lipinski definition) is 3. The van der Waals surface area contributed by atoms with Crippen molar-refractivity contribution in [1.29, 1.82) is 0 Å². The highest BCUT2D eigenvalue weighted by Crippen LogP contribution is 2.62. The van der Waals surface area contributed by atoms with Gasteiger partial charge in [0.25, 0.3) is 0 Å². The summed E-state index contributed by atoms with van der Waals surface area (Å²) in [7, 11) is 0. The third-order valence-electron chi connectivity index (χ3n) is 7.62. The SMILES string of the molecule is O=C(NC1CCOCC1)C1C2CC3CC1CC(c1ccc(O)cc1)(C3)C2. The van der Waals surface area contributed by atoms with Gasteiger partial charge in [-0.05, 0) is 85.8 Å². The second-order valence-corrected chi connectivity index (χ2v) is 9.22. The zero-order valence-corrected chi connectivity index (χ0v) is 15.3. The van der Waals surface area contributed by atoms with E-state index in [1.165, 1.54) is 24.8 Å². The van der Waals surface area contributed by atoms with E-state index in [2.05, 4.69) is 17.4 Å². The number of ether oxygens (including phenoxy) is 1. The number of hydrogen-bond donors (Lipinski definition) is 2. The van der Waals surface area contributed by atoms with Gasteiger partial charge in [-0.1, -0.05) is 12.1 Å². The topological polar surface area (TPSA) is 58.6 Å². The summed E-state index contributed by atoms with van der Waals surface area (Å²) >= 11 is 0. The Morgan fingerprint density at radius 3 is 2.35 bits per heavy atom. The lowest BCUT2D eigenvalue weighted by Gasteiger charge is -2.60. The maximum absolute atomic E-state index is 13.1. The van der Waals surface area contributed by atoms with Crippen molar-refractivity contribution in [3.8, 4) is 5.75 Å². The summed E-state index contributed by atoms with van der Waals surface area (Å²) in [5.74, 6) is 2.68. The van der Waals surface area contributed by atoms with Gasteiger partial charge in [0.2, 0.25) is 5.91 Å². The first kappa shape index (κ1) is 16.6. The second-order valence-electron chi connectivity index (χ2n) is 9.22. The lowest BCUT2D eigenvalue weighted by atomic mass is 9.44. The number of phenols is 1. The van der Waals surface area contributed by atoms with Gasteiger partial charge >= 0.3 is 0 Å². The normalized spacial score (nSPS) is 39.1. The molecule has 1 saturated heterocycles. The summed E-state index contributed by atoms with van der Waals surface area (Å²) in [5.41, 5.74) is 1.61. The minimum Gasteiger partial charge on any atom is -0.508 e. The lowest BCUT2D eigenvalue weighted by molar-refractivity contribution is -0.141. The van der Waals surface area contributed by atoms with Crippen LogP contribution in [0.2, 0.25) is 0 Å². The Balaban J connectivity index is 1.35. The van der Waals surface area contributed by atoms with Crippen molar-refractivity contribution in [3.63, 3.8) is 0 Å². The van der Waals surface area contributed by atoms with E-state index < -0.39 is 0 Å². The van der Waals surface area contributed by atoms with Gasteiger partial charge < -0.3 is 15.2 Å². The fraction of sp³-hybridized carbons (Fsp3) is 0.682. The number of carbonyl (C=O) groups excluding carboxylic acids is 1. The average molecular weight is 355 g/mol. The van der Waals surface area contributed by atoms with Crippen LogP contribution in [0, 0.1) is 23.7 Å². The molecule has 2 unspecified atom stereocenters. The lowest BCUT2D eigenvalue weighted by Crippen LogP contribution is -2.57. The van der Waals surface area contributed by atoms with E-state index in [1.807, 2.05) is 12.1 Å². The number of phenolic OH excluding ortho intramolecular Hbond substituents is 1. The summed E-state index contributed by atoms with van der Waals surface area (Å²) in [6, 6.07) is 8.17. The van der Waals surface area contributed by atoms with Crippen molar-refractivity contribution in [2.24, 2.45) is 23.7 Å². The molecule has 0 spiro atoms. The molecule has 1 aromatic carbocycles. The second kappa shape index (κ2) is 6.26. The van der Waals surface area contributed by atoms with Gasteiger partial charge in [-0.3, -0.25) is 4.79 Å². The third-order valence-corrected chi connectivity index (χ3v) is 7.62. The van der Waals surface area contributed by atoms with Crippen LogP contribution in [0.5, 0.6) is 5.75 Å². The summed E-state index contributed by atoms with van der Waals surface area (Å²) in [4.78, 5) is 13.1. The molecular weight excluding hydrogens is 326 g/mol. The molecule has 140 valence electrons. The molecule has 2 N–H and O–H groups in total. The molecule has 1 aliphatic heterocycles. The fourth-order valence-electron chi connectivity index (χ4n) is 6.76. The molecule has 26 heavy (non-hydrogen) atoms. The van der Waals surface area contributed by atoms with Gasteiger partial charge in [0, 0.05) is 25.2 Å². The zero-order valence-electron chi connectivity index (χ0n) is 15.3. The molecule has 4 saturated carbocycles. The maximum atomic E-state index is 13.1. The van der Waals surface area contributed by atoms with Crippen LogP contribution >= 0.6 is 0 Å². The van der Waals surface area contributed by atoms with E-state index >= 15 is 0 Å². The van der Waals surface area contributed by atoms with Gasteiger partial charge in [-0.15, -0.1) is 0 Å². The zero-order chi connectivity index (χ0) is 17.7. The number of benzene rings is 1. The first-order valence-corrected chi connectivity index (χ1v) is 10.3. The number of carbonyl (C=O) groups is 1. The van der Waals surface area contributed by atoms with Crippen LogP contribution in [0.25, 0.3) is 0 Å². The van der Waals surface area contributed by atoms with Crippen LogP contribution in [0.3, 0.4) is 0 Å². The van der Waals surface area contributed by atoms with Crippen molar-refractivity contribution in [3.05, 3.63) is 29.8 Å². The largest absolute Gasteiger partial charge is 0.508 e. The highest BCUT2D eigenvalue weighted by Gasteiger charge is 2.57. The monoisotopic (exact) mass is 355 g/mol. The van der Waals surface area contributed by atoms with Crippen molar-refractivity contribution in [2.75, 3.05) is 13.2 Å². The maximum Gasteiger partial charge on any atom is 0.223 e. The van der Waals surface area contributed by atoms with Crippen LogP contribution in [0.1, 0.15) is 50.5 Å². The first-order chi connectivity index (χ1) is 12.6. The molecule has 4 aliphatic carbocycles. The molecule has 0 aromatic heterocycles. The van der Waals surface area contributed by atoms with Gasteiger partial charge in [-0.25, -0.2) is 0 Å². The van der Waals surface area contributed by atoms with E-state index in [0.29, 0.717) is 29.5 Å². The Hall–Kier alpha value is -1.55. The minimum absolute atomic E-state index is 0.208. The van der Waals surface area contributed by atoms with Gasteiger partial charge in [-0.2, -0.15) is 0 Å². The van der Waals surface area contributed by atoms with Crippen LogP contribution < -0.4 is 5.32 Å². The third kappa shape index (κ3) is 2.74. The summed E-state index contributed by atoms with van der Waals surface area (Å²) in [6.07, 6.45) is 7.89. The number of amides is 1. The Kier molecular flexibility index (Phi) is 4.00. The standard InChI is InChI=1S/C22H29NO3/c24-19-3-1-17(2-4-19)22-11-14-9-15(12-22)20(16(10-14)13-22)21(25)23-18-5-7-26-8-6-18/h1-4,14-16,18,20,24H,5-13H2,(H,23,25). The van der Waals surface area contributed by atoms with Crippen molar-refractivity contribution in [2.45, 2.75) is 56.4 Å². The summed E-state index contributed by atoms with van der Waals surface area (Å²) < 4.78 is 5.42. The molecule has 6 rings (SSSR count). The van der Waals surface area contributed by atoms with Crippen LogP contribution in [-0.4, -0.2) is 30.3 Å². The smallest absolute Gasteiger partial charge is 0.223 e. The molecule has 5 fully saturated rings. The molecule has 5 aliphatic rings. The Labute approximate surface area is 155 Å². The Morgan fingerprint density at radius 2 is 1.69 bits per heavy atom. The quantitative estimate of drug-likeness (QED) is 0.874. The highest BCUT2D eigenvalue weighted by molar-refractivity contribution is 5.80. The molecule has 2 atom stereocenters. The predicted octanol–water partition coefficient (Wildman–Crippen LogP) is 3.38. The van der Waals surface area contributed by atoms with Gasteiger partial charge in [0.05, 0.1) is 0 Å². The Bertz CT molecular complexity index is 663. The van der Waals surface area contributed by atoms with Crippen LogP contribution in [0.4, 0.5) is 0 Å². The molecule has 1 amide bonds. The predicted molar refractivity (Wildman–Crippen MR) is 98.8 cm³/mol. The first-order valence-electron chi connectivity index (χ1n) is 10.3. The summed E-state index contributed by atoms with van der Waals surface area (Å²) in [6.45, 7) is 1.54. The average Bonchev–Trinajstić information content (AvgIpc) is 2.62. The molecule has 1 aromatic rings. The molecule has 0 radical (unpaired) electrons. The number of nitrogens with one attached hydrogen (secondary N) is 1. The number of aromatic hydroxyl groups is 1. The van der Waals surface area contributed by atoms with E-state index in [1.54, 1.807) is 0 Å². The van der Waals surface area contributed by atoms with E-state index in [0.717, 1.165) is 44.8 Å². The molecule has 4 bridgehead atoms. The Morgan fingerprint density at radius 1 is 1.04 bits per heavy atom.